The summed E-state index contributed by atoms with van der Waals surface area (Å²) in [6.07, 6.45) is 3.02. The summed E-state index contributed by atoms with van der Waals surface area (Å²) in [5, 5.41) is 14.2. The third kappa shape index (κ3) is 5.60. The van der Waals surface area contributed by atoms with E-state index in [0.29, 0.717) is 5.84 Å². The smallest absolute Gasteiger partial charge is 0.159 e. The van der Waals surface area contributed by atoms with Gasteiger partial charge in [0, 0.05) is 64.3 Å². The minimum Gasteiger partial charge on any atom is -0.455 e. The van der Waals surface area contributed by atoms with Crippen molar-refractivity contribution >= 4 is 109 Å². The van der Waals surface area contributed by atoms with Crippen LogP contribution in [0.4, 0.5) is 0 Å². The summed E-state index contributed by atoms with van der Waals surface area (Å²) in [6.45, 7) is 0. The molecule has 5 heterocycles. The topological polar surface area (TPSA) is 80.6 Å². The molecule has 9 aromatic carbocycles. The molecule has 1 atom stereocenters. The lowest BCUT2D eigenvalue weighted by Crippen LogP contribution is -2.33. The van der Waals surface area contributed by atoms with Gasteiger partial charge in [-0.25, -0.2) is 20.0 Å². The lowest BCUT2D eigenvalue weighted by atomic mass is 10.0. The number of para-hydroxylation sites is 3. The quantitative estimate of drug-likeness (QED) is 0.187. The highest BCUT2D eigenvalue weighted by Crippen LogP contribution is 2.43. The fourth-order valence-corrected chi connectivity index (χ4v) is 11.2. The number of rotatable bonds is 5. The van der Waals surface area contributed by atoms with E-state index in [1.54, 1.807) is 6.33 Å². The molecular formula is C57H34N6OS. The van der Waals surface area contributed by atoms with Gasteiger partial charge in [0.15, 0.2) is 12.0 Å². The van der Waals surface area contributed by atoms with E-state index in [1.165, 1.54) is 36.3 Å². The van der Waals surface area contributed by atoms with Gasteiger partial charge in [-0.15, -0.1) is 11.3 Å². The van der Waals surface area contributed by atoms with Crippen molar-refractivity contribution in [3.05, 3.63) is 211 Å². The summed E-state index contributed by atoms with van der Waals surface area (Å²) < 4.78 is 11.8. The van der Waals surface area contributed by atoms with Gasteiger partial charge in [0.25, 0.3) is 0 Å². The van der Waals surface area contributed by atoms with Crippen LogP contribution in [0, 0.1) is 0 Å². The Morgan fingerprint density at radius 3 is 2.12 bits per heavy atom. The minimum absolute atomic E-state index is 0.497. The second kappa shape index (κ2) is 14.0. The zero-order valence-corrected chi connectivity index (χ0v) is 35.4. The van der Waals surface area contributed by atoms with Crippen molar-refractivity contribution in [2.24, 2.45) is 9.98 Å². The van der Waals surface area contributed by atoms with Crippen LogP contribution in [0.5, 0.6) is 0 Å². The summed E-state index contributed by atoms with van der Waals surface area (Å²) in [5.74, 6) is 1.44. The van der Waals surface area contributed by atoms with Crippen molar-refractivity contribution in [3.63, 3.8) is 0 Å². The lowest BCUT2D eigenvalue weighted by molar-refractivity contribution is 0.629. The van der Waals surface area contributed by atoms with Crippen LogP contribution in [-0.4, -0.2) is 26.2 Å². The van der Waals surface area contributed by atoms with Crippen LogP contribution in [-0.2, 0) is 0 Å². The number of thiophene rings is 1. The maximum absolute atomic E-state index is 7.12. The van der Waals surface area contributed by atoms with Crippen LogP contribution >= 0.6 is 11.3 Å². The second-order valence-electron chi connectivity index (χ2n) is 16.7. The molecule has 7 nitrogen and oxygen atoms in total. The highest BCUT2D eigenvalue weighted by molar-refractivity contribution is 7.26. The monoisotopic (exact) mass is 850 g/mol. The number of aliphatic imine (C=N–C) groups is 2. The lowest BCUT2D eigenvalue weighted by Gasteiger charge is -2.24. The molecule has 0 saturated heterocycles. The third-order valence-electron chi connectivity index (χ3n) is 13.0. The molecular weight excluding hydrogens is 817 g/mol. The van der Waals surface area contributed by atoms with Crippen LogP contribution in [0.25, 0.3) is 102 Å². The van der Waals surface area contributed by atoms with Gasteiger partial charge in [-0.1, -0.05) is 133 Å². The van der Waals surface area contributed by atoms with Gasteiger partial charge >= 0.3 is 0 Å². The SMILES string of the molecule is c1ccc(-n2c3cc(-c4cccc5c4oc4c(C6N=C(c7ccc8ccccc8c7)N=C(c7cccc8c7sc7cc9ccccc9cc78)N6)cccc45)ccc3c3ncncc32)cc1. The predicted molar refractivity (Wildman–Crippen MR) is 269 cm³/mol. The van der Waals surface area contributed by atoms with Crippen molar-refractivity contribution in [2.45, 2.75) is 6.17 Å². The Hall–Kier alpha value is -8.46. The van der Waals surface area contributed by atoms with Crippen molar-refractivity contribution in [1.82, 2.24) is 19.9 Å². The molecule has 4 aromatic heterocycles. The minimum atomic E-state index is -0.497. The number of amidine groups is 2. The average molecular weight is 851 g/mol. The Morgan fingerprint density at radius 2 is 1.26 bits per heavy atom. The summed E-state index contributed by atoms with van der Waals surface area (Å²) in [6, 6.07) is 64.5. The first-order valence-electron chi connectivity index (χ1n) is 21.7. The zero-order chi connectivity index (χ0) is 42.6. The number of fused-ring (bicyclic) bond motifs is 11. The molecule has 0 aliphatic carbocycles. The molecule has 0 amide bonds. The molecule has 0 spiro atoms. The van der Waals surface area contributed by atoms with Gasteiger partial charge in [-0.05, 0) is 75.6 Å². The third-order valence-corrected chi connectivity index (χ3v) is 14.2. The summed E-state index contributed by atoms with van der Waals surface area (Å²) in [7, 11) is 0. The largest absolute Gasteiger partial charge is 0.455 e. The van der Waals surface area contributed by atoms with Crippen LogP contribution in [0.3, 0.4) is 0 Å². The highest BCUT2D eigenvalue weighted by atomic mass is 32.1. The van der Waals surface area contributed by atoms with Crippen LogP contribution in [0.2, 0.25) is 0 Å². The van der Waals surface area contributed by atoms with E-state index in [9.17, 15) is 0 Å². The fraction of sp³-hybridized carbons (Fsp3) is 0.0175. The van der Waals surface area contributed by atoms with Crippen molar-refractivity contribution in [3.8, 4) is 16.8 Å². The molecule has 14 rings (SSSR count). The van der Waals surface area contributed by atoms with Crippen molar-refractivity contribution in [1.29, 1.82) is 0 Å². The zero-order valence-electron chi connectivity index (χ0n) is 34.6. The standard InChI is InChI=1S/C57H34N6OS/c1-2-15-39(16-3-1)63-48-29-37(25-26-44(48)51-49(63)31-58-32-59-51)40-17-8-18-41-42-19-9-21-45(53(42)64-52(40)41)56-60-55(38-24-23-33-11-4-5-12-34(33)27-38)61-57(62-56)46-22-10-20-43-47-28-35-13-6-7-14-36(35)30-50(47)65-54(43)46/h1-32,56H,(H,60,61,62). The number of furan rings is 1. The number of hydrogen-bond acceptors (Lipinski definition) is 7. The molecule has 0 radical (unpaired) electrons. The van der Waals surface area contributed by atoms with Crippen LogP contribution < -0.4 is 5.32 Å². The van der Waals surface area contributed by atoms with E-state index < -0.39 is 6.17 Å². The maximum Gasteiger partial charge on any atom is 0.159 e. The molecule has 1 aliphatic heterocycles. The average Bonchev–Trinajstić information content (AvgIpc) is 4.05. The molecule has 0 bridgehead atoms. The Labute approximate surface area is 375 Å². The van der Waals surface area contributed by atoms with E-state index >= 15 is 0 Å². The van der Waals surface area contributed by atoms with E-state index in [-0.39, 0.29) is 0 Å². The molecule has 304 valence electrons. The highest BCUT2D eigenvalue weighted by Gasteiger charge is 2.27. The Kier molecular flexibility index (Phi) is 7.78. The molecule has 1 aliphatic rings. The van der Waals surface area contributed by atoms with Crippen molar-refractivity contribution in [2.75, 3.05) is 0 Å². The molecule has 65 heavy (non-hydrogen) atoms. The first-order valence-corrected chi connectivity index (χ1v) is 22.5. The van der Waals surface area contributed by atoms with E-state index in [1.807, 2.05) is 23.6 Å². The van der Waals surface area contributed by atoms with Gasteiger partial charge in [-0.3, -0.25) is 0 Å². The Morgan fingerprint density at radius 1 is 0.538 bits per heavy atom. The molecule has 8 heteroatoms. The van der Waals surface area contributed by atoms with Gasteiger partial charge in [0.2, 0.25) is 0 Å². The van der Waals surface area contributed by atoms with Gasteiger partial charge in [-0.2, -0.15) is 0 Å². The Balaban J connectivity index is 0.941. The maximum atomic E-state index is 7.12. The van der Waals surface area contributed by atoms with Gasteiger partial charge in [0.1, 0.15) is 23.3 Å². The first kappa shape index (κ1) is 36.1. The normalized spacial score (nSPS) is 14.3. The summed E-state index contributed by atoms with van der Waals surface area (Å²) in [4.78, 5) is 19.9. The summed E-state index contributed by atoms with van der Waals surface area (Å²) >= 11 is 1.81. The second-order valence-corrected chi connectivity index (χ2v) is 17.7. The summed E-state index contributed by atoms with van der Waals surface area (Å²) in [5.41, 5.74) is 10.6. The number of benzene rings is 9. The van der Waals surface area contributed by atoms with E-state index in [2.05, 4.69) is 191 Å². The first-order chi connectivity index (χ1) is 32.2. The number of nitrogens with zero attached hydrogens (tertiary/aromatic N) is 5. The Bertz CT molecular complexity index is 4180. The number of nitrogens with one attached hydrogen (secondary N) is 1. The predicted octanol–water partition coefficient (Wildman–Crippen LogP) is 14.3. The van der Waals surface area contributed by atoms with Crippen molar-refractivity contribution < 1.29 is 4.42 Å². The van der Waals surface area contributed by atoms with E-state index in [4.69, 9.17) is 19.4 Å². The van der Waals surface area contributed by atoms with Gasteiger partial charge < -0.3 is 14.3 Å². The molecule has 1 unspecified atom stereocenters. The fourth-order valence-electron chi connectivity index (χ4n) is 9.92. The molecule has 13 aromatic rings. The molecule has 0 fully saturated rings. The van der Waals surface area contributed by atoms with Gasteiger partial charge in [0.05, 0.1) is 22.7 Å². The molecule has 0 saturated carbocycles. The number of hydrogen-bond donors (Lipinski definition) is 1. The van der Waals surface area contributed by atoms with Crippen LogP contribution in [0.1, 0.15) is 22.9 Å². The number of aromatic nitrogens is 3. The van der Waals surface area contributed by atoms with E-state index in [0.717, 1.165) is 88.6 Å². The molecule has 1 N–H and O–H groups in total. The van der Waals surface area contributed by atoms with Crippen LogP contribution in [0.15, 0.2) is 209 Å².